The van der Waals surface area contributed by atoms with Crippen LogP contribution < -0.4 is 25.7 Å². The molecule has 2 N–H and O–H groups in total. The number of nitrogens with two attached hydrogens (primary N) is 1. The van der Waals surface area contributed by atoms with Crippen molar-refractivity contribution in [3.05, 3.63) is 75.8 Å². The first kappa shape index (κ1) is 24.6. The topological polar surface area (TPSA) is 100 Å². The van der Waals surface area contributed by atoms with E-state index in [1.807, 2.05) is 53.1 Å². The highest BCUT2D eigenvalue weighted by atomic mass is 16.5. The Hall–Kier alpha value is -4.11. The summed E-state index contributed by atoms with van der Waals surface area (Å²) in [7, 11) is 4.94. The van der Waals surface area contributed by atoms with Crippen LogP contribution in [-0.2, 0) is 13.6 Å². The van der Waals surface area contributed by atoms with E-state index < -0.39 is 0 Å². The first-order valence-electron chi connectivity index (χ1n) is 12.4. The van der Waals surface area contributed by atoms with Crippen molar-refractivity contribution in [3.63, 3.8) is 0 Å². The lowest BCUT2D eigenvalue weighted by Crippen LogP contribution is -2.44. The molecule has 4 aromatic rings. The highest BCUT2D eigenvalue weighted by Crippen LogP contribution is 2.28. The Balaban J connectivity index is 1.59. The molecule has 1 atom stereocenters. The van der Waals surface area contributed by atoms with Gasteiger partial charge in [-0.3, -0.25) is 13.9 Å². The zero-order valence-electron chi connectivity index (χ0n) is 21.4. The summed E-state index contributed by atoms with van der Waals surface area (Å²) in [5.41, 5.74) is 9.04. The molecule has 2 aromatic carbocycles. The minimum absolute atomic E-state index is 0.0783. The molecule has 9 heteroatoms. The Bertz CT molecular complexity index is 1490. The number of hydrogen-bond donors (Lipinski definition) is 1. The molecular formula is C28H32N6O3. The minimum Gasteiger partial charge on any atom is -0.493 e. The molecule has 0 amide bonds. The molecule has 5 rings (SSSR count). The van der Waals surface area contributed by atoms with E-state index in [1.54, 1.807) is 25.8 Å². The number of aromatic nitrogens is 4. The van der Waals surface area contributed by atoms with Crippen LogP contribution in [0.15, 0.2) is 53.3 Å². The van der Waals surface area contributed by atoms with Crippen LogP contribution in [0.5, 0.6) is 11.5 Å². The maximum atomic E-state index is 13.7. The van der Waals surface area contributed by atoms with Crippen molar-refractivity contribution in [2.24, 2.45) is 12.8 Å². The van der Waals surface area contributed by atoms with Crippen LogP contribution in [0.2, 0.25) is 0 Å². The fraction of sp³-hybridized carbons (Fsp3) is 0.321. The molecule has 1 aliphatic rings. The van der Waals surface area contributed by atoms with Crippen LogP contribution in [0.25, 0.3) is 23.3 Å². The third kappa shape index (κ3) is 4.95. The van der Waals surface area contributed by atoms with Gasteiger partial charge in [0.25, 0.3) is 5.56 Å². The summed E-state index contributed by atoms with van der Waals surface area (Å²) in [5, 5.41) is 0. The monoisotopic (exact) mass is 500 g/mol. The van der Waals surface area contributed by atoms with E-state index in [4.69, 9.17) is 25.2 Å². The summed E-state index contributed by atoms with van der Waals surface area (Å²) in [6.45, 7) is 2.07. The van der Waals surface area contributed by atoms with Crippen molar-refractivity contribution < 1.29 is 9.47 Å². The highest BCUT2D eigenvalue weighted by Gasteiger charge is 2.25. The number of methoxy groups -OCH3 is 2. The average Bonchev–Trinajstić information content (AvgIpc) is 3.28. The van der Waals surface area contributed by atoms with Gasteiger partial charge in [0.1, 0.15) is 5.82 Å². The van der Waals surface area contributed by atoms with Crippen molar-refractivity contribution in [1.29, 1.82) is 0 Å². The second kappa shape index (κ2) is 10.5. The van der Waals surface area contributed by atoms with Crippen molar-refractivity contribution in [3.8, 4) is 11.5 Å². The van der Waals surface area contributed by atoms with E-state index >= 15 is 0 Å². The van der Waals surface area contributed by atoms with Gasteiger partial charge in [-0.1, -0.05) is 42.5 Å². The number of nitrogens with zero attached hydrogens (tertiary/aromatic N) is 5. The maximum Gasteiger partial charge on any atom is 0.279 e. The standard InChI is InChI=1S/C28H32N6O3/c1-32-24(14-12-19-11-13-22(36-2)23(16-19)37-3)30-26-25(27(32)35)34(17-20-8-5-4-6-9-20)28(31-26)33-15-7-10-21(29)18-33/h4-6,8-9,11-14,16,21H,7,10,15,17-18,29H2,1-3H3. The van der Waals surface area contributed by atoms with Crippen LogP contribution in [0, 0.1) is 0 Å². The minimum atomic E-state index is -0.145. The lowest BCUT2D eigenvalue weighted by atomic mass is 10.1. The van der Waals surface area contributed by atoms with E-state index in [1.165, 1.54) is 0 Å². The Morgan fingerprint density at radius 1 is 1.05 bits per heavy atom. The lowest BCUT2D eigenvalue weighted by Gasteiger charge is -2.31. The predicted molar refractivity (Wildman–Crippen MR) is 146 cm³/mol. The molecule has 9 nitrogen and oxygen atoms in total. The smallest absolute Gasteiger partial charge is 0.279 e. The first-order valence-corrected chi connectivity index (χ1v) is 12.4. The third-order valence-electron chi connectivity index (χ3n) is 6.76. The first-order chi connectivity index (χ1) is 18.0. The summed E-state index contributed by atoms with van der Waals surface area (Å²) in [6, 6.07) is 15.8. The normalized spacial score (nSPS) is 16.0. The van der Waals surface area contributed by atoms with Gasteiger partial charge in [-0.05, 0) is 42.2 Å². The molecule has 37 heavy (non-hydrogen) atoms. The quantitative estimate of drug-likeness (QED) is 0.416. The Morgan fingerprint density at radius 3 is 2.57 bits per heavy atom. The van der Waals surface area contributed by atoms with Gasteiger partial charge < -0.3 is 20.1 Å². The largest absolute Gasteiger partial charge is 0.493 e. The van der Waals surface area contributed by atoms with Gasteiger partial charge in [0.05, 0.1) is 20.8 Å². The number of ether oxygens (including phenoxy) is 2. The number of imidazole rings is 1. The summed E-state index contributed by atoms with van der Waals surface area (Å²) in [6.07, 6.45) is 5.68. The van der Waals surface area contributed by atoms with Gasteiger partial charge in [0.2, 0.25) is 5.95 Å². The number of anilines is 1. The van der Waals surface area contributed by atoms with Gasteiger partial charge in [-0.25, -0.2) is 4.98 Å². The van der Waals surface area contributed by atoms with Crippen LogP contribution in [-0.4, -0.2) is 52.5 Å². The van der Waals surface area contributed by atoms with Crippen molar-refractivity contribution in [2.75, 3.05) is 32.2 Å². The van der Waals surface area contributed by atoms with Crippen LogP contribution >= 0.6 is 0 Å². The third-order valence-corrected chi connectivity index (χ3v) is 6.76. The Kier molecular flexibility index (Phi) is 6.96. The molecule has 1 fully saturated rings. The van der Waals surface area contributed by atoms with Gasteiger partial charge >= 0.3 is 0 Å². The van der Waals surface area contributed by atoms with E-state index in [9.17, 15) is 4.79 Å². The average molecular weight is 501 g/mol. The molecule has 1 saturated heterocycles. The van der Waals surface area contributed by atoms with Gasteiger partial charge in [-0.15, -0.1) is 0 Å². The molecule has 0 spiro atoms. The molecule has 0 radical (unpaired) electrons. The van der Waals surface area contributed by atoms with E-state index in [2.05, 4.69) is 17.0 Å². The molecule has 0 bridgehead atoms. The molecule has 1 unspecified atom stereocenters. The zero-order chi connectivity index (χ0) is 25.9. The predicted octanol–water partition coefficient (Wildman–Crippen LogP) is 3.29. The summed E-state index contributed by atoms with van der Waals surface area (Å²) >= 11 is 0. The molecule has 2 aromatic heterocycles. The highest BCUT2D eigenvalue weighted by molar-refractivity contribution is 5.77. The number of piperidine rings is 1. The second-order valence-corrected chi connectivity index (χ2v) is 9.29. The molecule has 192 valence electrons. The fourth-order valence-corrected chi connectivity index (χ4v) is 4.79. The zero-order valence-corrected chi connectivity index (χ0v) is 21.4. The number of fused-ring (bicyclic) bond motifs is 1. The van der Waals surface area contributed by atoms with E-state index in [0.29, 0.717) is 41.6 Å². The van der Waals surface area contributed by atoms with Crippen LogP contribution in [0.4, 0.5) is 5.95 Å². The summed E-state index contributed by atoms with van der Waals surface area (Å²) < 4.78 is 14.3. The van der Waals surface area contributed by atoms with Crippen LogP contribution in [0.1, 0.15) is 29.8 Å². The molecule has 0 aliphatic carbocycles. The molecule has 0 saturated carbocycles. The Labute approximate surface area is 215 Å². The second-order valence-electron chi connectivity index (χ2n) is 9.29. The van der Waals surface area contributed by atoms with Gasteiger partial charge in [0, 0.05) is 26.2 Å². The van der Waals surface area contributed by atoms with E-state index in [0.717, 1.165) is 36.5 Å². The maximum absolute atomic E-state index is 13.7. The SMILES string of the molecule is COc1ccc(C=Cc2nc3nc(N4CCCC(N)C4)n(Cc4ccccc4)c3c(=O)n2C)cc1OC. The molecule has 3 heterocycles. The number of benzene rings is 2. The van der Waals surface area contributed by atoms with Crippen molar-refractivity contribution in [1.82, 2.24) is 19.1 Å². The lowest BCUT2D eigenvalue weighted by molar-refractivity contribution is 0.355. The Morgan fingerprint density at radius 2 is 1.84 bits per heavy atom. The fourth-order valence-electron chi connectivity index (χ4n) is 4.79. The van der Waals surface area contributed by atoms with E-state index in [-0.39, 0.29) is 11.6 Å². The summed E-state index contributed by atoms with van der Waals surface area (Å²) in [5.74, 6) is 2.53. The number of rotatable bonds is 7. The molecule has 1 aliphatic heterocycles. The molecular weight excluding hydrogens is 468 g/mol. The summed E-state index contributed by atoms with van der Waals surface area (Å²) in [4.78, 5) is 25.5. The van der Waals surface area contributed by atoms with Crippen LogP contribution in [0.3, 0.4) is 0 Å². The van der Waals surface area contributed by atoms with Crippen molar-refractivity contribution in [2.45, 2.75) is 25.4 Å². The van der Waals surface area contributed by atoms with Gasteiger partial charge in [0.15, 0.2) is 22.7 Å². The van der Waals surface area contributed by atoms with Gasteiger partial charge in [-0.2, -0.15) is 4.98 Å². The van der Waals surface area contributed by atoms with Crippen molar-refractivity contribution >= 4 is 29.3 Å². The number of hydrogen-bond acceptors (Lipinski definition) is 7.